The summed E-state index contributed by atoms with van der Waals surface area (Å²) in [5, 5.41) is 0. The fourth-order valence-corrected chi connectivity index (χ4v) is 0.919. The Morgan fingerprint density at radius 2 is 2.00 bits per heavy atom. The van der Waals surface area contributed by atoms with Crippen LogP contribution >= 0.6 is 11.9 Å². The number of carbonyl (C=O) groups is 1. The molecule has 0 atom stereocenters. The highest BCUT2D eigenvalue weighted by Gasteiger charge is 1.85. The summed E-state index contributed by atoms with van der Waals surface area (Å²) in [7, 11) is 0. The van der Waals surface area contributed by atoms with Gasteiger partial charge in [0.1, 0.15) is 0 Å². The van der Waals surface area contributed by atoms with Crippen LogP contribution in [0.15, 0.2) is 30.3 Å². The minimum Gasteiger partial charge on any atom is -0.323 e. The molecule has 10 heavy (non-hydrogen) atoms. The number of hydrogen-bond acceptors (Lipinski definition) is 3. The molecule has 1 N–H and O–H groups in total. The van der Waals surface area contributed by atoms with Crippen molar-refractivity contribution in [1.82, 2.24) is 0 Å². The summed E-state index contributed by atoms with van der Waals surface area (Å²) in [6, 6.07) is 9.55. The molecule has 0 aliphatic rings. The van der Waals surface area contributed by atoms with E-state index in [0.717, 1.165) is 23.3 Å². The van der Waals surface area contributed by atoms with Gasteiger partial charge in [0.15, 0.2) is 5.62 Å². The second-order valence-electron chi connectivity index (χ2n) is 1.68. The molecule has 3 heteroatoms. The smallest absolute Gasteiger partial charge is 0.196 e. The molecule has 0 saturated carbocycles. The van der Waals surface area contributed by atoms with Gasteiger partial charge in [-0.1, -0.05) is 18.2 Å². The maximum atomic E-state index is 9.88. The third-order valence-corrected chi connectivity index (χ3v) is 1.45. The Bertz CT molecular complexity index is 200. The minimum absolute atomic E-state index is 0.757. The van der Waals surface area contributed by atoms with Gasteiger partial charge in [0, 0.05) is 17.6 Å². The number of rotatable bonds is 3. The van der Waals surface area contributed by atoms with Gasteiger partial charge in [-0.15, -0.1) is 0 Å². The van der Waals surface area contributed by atoms with Crippen LogP contribution in [-0.4, -0.2) is 5.62 Å². The standard InChI is InChI=1S/C7H7NOS/c9-6-10-8-7-4-2-1-3-5-7/h1-6,8H. The molecule has 0 heterocycles. The zero-order chi connectivity index (χ0) is 7.23. The van der Waals surface area contributed by atoms with E-state index >= 15 is 0 Å². The van der Waals surface area contributed by atoms with Crippen LogP contribution in [0.1, 0.15) is 0 Å². The second-order valence-corrected chi connectivity index (χ2v) is 2.31. The molecule has 0 saturated heterocycles. The molecular weight excluding hydrogens is 146 g/mol. The molecule has 0 radical (unpaired) electrons. The van der Waals surface area contributed by atoms with Gasteiger partial charge < -0.3 is 4.72 Å². The summed E-state index contributed by atoms with van der Waals surface area (Å²) < 4.78 is 2.84. The van der Waals surface area contributed by atoms with Crippen LogP contribution in [0.25, 0.3) is 0 Å². The normalized spacial score (nSPS) is 8.80. The van der Waals surface area contributed by atoms with Gasteiger partial charge in [0.05, 0.1) is 0 Å². The number of carbonyl (C=O) groups excluding carboxylic acids is 1. The molecule has 52 valence electrons. The summed E-state index contributed by atoms with van der Waals surface area (Å²) in [6.45, 7) is 0. The lowest BCUT2D eigenvalue weighted by Crippen LogP contribution is -1.83. The average Bonchev–Trinajstić information content (AvgIpc) is 2.03. The lowest BCUT2D eigenvalue weighted by molar-refractivity contribution is 0.570. The van der Waals surface area contributed by atoms with E-state index in [1.165, 1.54) is 0 Å². The van der Waals surface area contributed by atoms with Crippen molar-refractivity contribution in [2.45, 2.75) is 0 Å². The van der Waals surface area contributed by atoms with Crippen molar-refractivity contribution in [1.29, 1.82) is 0 Å². The van der Waals surface area contributed by atoms with Crippen molar-refractivity contribution in [3.05, 3.63) is 30.3 Å². The van der Waals surface area contributed by atoms with Gasteiger partial charge in [-0.25, -0.2) is 0 Å². The Hall–Kier alpha value is -0.960. The lowest BCUT2D eigenvalue weighted by atomic mass is 10.3. The van der Waals surface area contributed by atoms with Gasteiger partial charge >= 0.3 is 0 Å². The first kappa shape index (κ1) is 7.15. The predicted octanol–water partition coefficient (Wildman–Crippen LogP) is 1.94. The van der Waals surface area contributed by atoms with Crippen LogP contribution < -0.4 is 4.72 Å². The third-order valence-electron chi connectivity index (χ3n) is 0.999. The van der Waals surface area contributed by atoms with Crippen LogP contribution in [0.3, 0.4) is 0 Å². The fraction of sp³-hybridized carbons (Fsp3) is 0. The van der Waals surface area contributed by atoms with Crippen molar-refractivity contribution in [2.24, 2.45) is 0 Å². The molecule has 0 aromatic heterocycles. The van der Waals surface area contributed by atoms with Crippen molar-refractivity contribution >= 4 is 23.3 Å². The topological polar surface area (TPSA) is 29.1 Å². The largest absolute Gasteiger partial charge is 0.323 e. The van der Waals surface area contributed by atoms with Gasteiger partial charge in [0.2, 0.25) is 0 Å². The van der Waals surface area contributed by atoms with E-state index in [1.807, 2.05) is 30.3 Å². The predicted molar refractivity (Wildman–Crippen MR) is 44.4 cm³/mol. The summed E-state index contributed by atoms with van der Waals surface area (Å²) in [6.07, 6.45) is 0. The highest BCUT2D eigenvalue weighted by molar-refractivity contribution is 8.12. The van der Waals surface area contributed by atoms with E-state index in [0.29, 0.717) is 0 Å². The zero-order valence-electron chi connectivity index (χ0n) is 5.28. The van der Waals surface area contributed by atoms with Crippen LogP contribution in [0, 0.1) is 0 Å². The van der Waals surface area contributed by atoms with Crippen LogP contribution in [0.5, 0.6) is 0 Å². The minimum atomic E-state index is 0.757. The maximum Gasteiger partial charge on any atom is 0.196 e. The molecule has 0 aliphatic carbocycles. The third kappa shape index (κ3) is 2.11. The molecule has 0 aliphatic heterocycles. The molecular formula is C7H7NOS. The maximum absolute atomic E-state index is 9.88. The first-order valence-electron chi connectivity index (χ1n) is 2.84. The van der Waals surface area contributed by atoms with Gasteiger partial charge in [0.25, 0.3) is 0 Å². The van der Waals surface area contributed by atoms with E-state index in [9.17, 15) is 4.79 Å². The number of benzene rings is 1. The summed E-state index contributed by atoms with van der Waals surface area (Å²) >= 11 is 1.03. The summed E-state index contributed by atoms with van der Waals surface area (Å²) in [5.74, 6) is 0. The Kier molecular flexibility index (Phi) is 2.83. The summed E-state index contributed by atoms with van der Waals surface area (Å²) in [4.78, 5) is 9.88. The van der Waals surface area contributed by atoms with E-state index in [2.05, 4.69) is 4.72 Å². The van der Waals surface area contributed by atoms with Crippen molar-refractivity contribution in [3.8, 4) is 0 Å². The van der Waals surface area contributed by atoms with E-state index in [-0.39, 0.29) is 0 Å². The quantitative estimate of drug-likeness (QED) is 0.531. The number of para-hydroxylation sites is 1. The van der Waals surface area contributed by atoms with Crippen molar-refractivity contribution in [2.75, 3.05) is 4.72 Å². The Labute approximate surface area is 63.8 Å². The van der Waals surface area contributed by atoms with Crippen LogP contribution in [0.4, 0.5) is 5.69 Å². The highest BCUT2D eigenvalue weighted by Crippen LogP contribution is 2.08. The molecule has 0 amide bonds. The van der Waals surface area contributed by atoms with Crippen LogP contribution in [0.2, 0.25) is 0 Å². The van der Waals surface area contributed by atoms with E-state index in [1.54, 1.807) is 0 Å². The summed E-state index contributed by atoms with van der Waals surface area (Å²) in [5.41, 5.74) is 1.70. The Morgan fingerprint density at radius 1 is 1.30 bits per heavy atom. The molecule has 1 rings (SSSR count). The lowest BCUT2D eigenvalue weighted by Gasteiger charge is -1.97. The van der Waals surface area contributed by atoms with Crippen molar-refractivity contribution < 1.29 is 4.79 Å². The first-order valence-corrected chi connectivity index (χ1v) is 3.72. The average molecular weight is 153 g/mol. The highest BCUT2D eigenvalue weighted by atomic mass is 32.2. The molecule has 0 unspecified atom stereocenters. The molecule has 2 nitrogen and oxygen atoms in total. The fourth-order valence-electron chi connectivity index (χ4n) is 0.598. The van der Waals surface area contributed by atoms with E-state index < -0.39 is 0 Å². The molecule has 0 fully saturated rings. The van der Waals surface area contributed by atoms with Crippen molar-refractivity contribution in [3.63, 3.8) is 0 Å². The molecule has 0 spiro atoms. The van der Waals surface area contributed by atoms with Gasteiger partial charge in [-0.05, 0) is 12.1 Å². The molecule has 1 aromatic carbocycles. The number of nitrogens with one attached hydrogen (secondary N) is 1. The molecule has 0 bridgehead atoms. The monoisotopic (exact) mass is 153 g/mol. The second kappa shape index (κ2) is 3.95. The Balaban J connectivity index is 2.50. The van der Waals surface area contributed by atoms with E-state index in [4.69, 9.17) is 0 Å². The number of anilines is 1. The first-order chi connectivity index (χ1) is 4.93. The molecule has 1 aromatic rings. The zero-order valence-corrected chi connectivity index (χ0v) is 6.10. The van der Waals surface area contributed by atoms with Crippen LogP contribution in [-0.2, 0) is 4.79 Å². The number of hydrogen-bond donors (Lipinski definition) is 1. The Morgan fingerprint density at radius 3 is 2.60 bits per heavy atom. The van der Waals surface area contributed by atoms with Gasteiger partial charge in [-0.3, -0.25) is 4.79 Å². The SMILES string of the molecule is O=CSNc1ccccc1. The van der Waals surface area contributed by atoms with Gasteiger partial charge in [-0.2, -0.15) is 0 Å².